The van der Waals surface area contributed by atoms with Crippen molar-refractivity contribution in [2.75, 3.05) is 38.9 Å². The van der Waals surface area contributed by atoms with Crippen molar-refractivity contribution in [3.8, 4) is 11.5 Å². The monoisotopic (exact) mass is 457 g/mol. The first-order chi connectivity index (χ1) is 14.9. The molecular weight excluding hydrogens is 434 g/mol. The van der Waals surface area contributed by atoms with Crippen molar-refractivity contribution in [2.45, 2.75) is 13.3 Å². The Balaban J connectivity index is 1.59. The Labute approximate surface area is 190 Å². The number of carbonyl (C=O) groups is 1. The highest BCUT2D eigenvalue weighted by Crippen LogP contribution is 2.34. The number of benzene rings is 2. The van der Waals surface area contributed by atoms with E-state index in [4.69, 9.17) is 26.1 Å². The molecule has 2 aromatic carbocycles. The van der Waals surface area contributed by atoms with Gasteiger partial charge in [0.05, 0.1) is 10.2 Å². The molecule has 0 fully saturated rings. The van der Waals surface area contributed by atoms with Crippen LogP contribution in [0.15, 0.2) is 36.4 Å². The van der Waals surface area contributed by atoms with Gasteiger partial charge in [-0.2, -0.15) is 0 Å². The molecule has 3 aromatic rings. The minimum absolute atomic E-state index is 0.112. The van der Waals surface area contributed by atoms with E-state index >= 15 is 0 Å². The molecule has 6 nitrogen and oxygen atoms in total. The van der Waals surface area contributed by atoms with Crippen LogP contribution in [0.1, 0.15) is 17.5 Å². The van der Waals surface area contributed by atoms with Crippen LogP contribution in [0, 0.1) is 6.92 Å². The van der Waals surface area contributed by atoms with Gasteiger partial charge in [-0.25, -0.2) is 4.98 Å². The van der Waals surface area contributed by atoms with Crippen molar-refractivity contribution in [3.63, 3.8) is 0 Å². The molecule has 1 aliphatic heterocycles. The Morgan fingerprint density at radius 2 is 2.00 bits per heavy atom. The molecule has 0 radical (unpaired) electrons. The zero-order chi connectivity index (χ0) is 22.0. The van der Waals surface area contributed by atoms with Gasteiger partial charge in [0.15, 0.2) is 16.6 Å². The number of amides is 1. The number of anilines is 1. The average Bonchev–Trinajstić information content (AvgIpc) is 3.38. The Morgan fingerprint density at radius 3 is 2.81 bits per heavy atom. The fraction of sp³-hybridized carbons (Fsp3) is 0.304. The summed E-state index contributed by atoms with van der Waals surface area (Å²) < 4.78 is 11.8. The van der Waals surface area contributed by atoms with Crippen molar-refractivity contribution < 1.29 is 14.3 Å². The van der Waals surface area contributed by atoms with Crippen LogP contribution in [0.2, 0.25) is 5.02 Å². The van der Waals surface area contributed by atoms with Gasteiger partial charge in [-0.3, -0.25) is 9.69 Å². The van der Waals surface area contributed by atoms with Crippen LogP contribution in [0.4, 0.5) is 5.13 Å². The number of aromatic nitrogens is 1. The summed E-state index contributed by atoms with van der Waals surface area (Å²) in [6.07, 6.45) is 4.21. The van der Waals surface area contributed by atoms with Gasteiger partial charge < -0.3 is 14.4 Å². The first kappa shape index (κ1) is 21.6. The molecule has 0 spiro atoms. The third-order valence-corrected chi connectivity index (χ3v) is 6.49. The number of rotatable bonds is 7. The van der Waals surface area contributed by atoms with Gasteiger partial charge in [0.2, 0.25) is 6.79 Å². The molecule has 2 heterocycles. The summed E-state index contributed by atoms with van der Waals surface area (Å²) in [4.78, 5) is 21.8. The minimum Gasteiger partial charge on any atom is -0.454 e. The zero-order valence-electron chi connectivity index (χ0n) is 17.7. The highest BCUT2D eigenvalue weighted by Gasteiger charge is 2.19. The quantitative estimate of drug-likeness (QED) is 0.468. The van der Waals surface area contributed by atoms with Crippen LogP contribution < -0.4 is 14.4 Å². The zero-order valence-corrected chi connectivity index (χ0v) is 19.3. The number of halogens is 1. The fourth-order valence-corrected chi connectivity index (χ4v) is 4.53. The maximum atomic E-state index is 13.2. The molecule has 0 saturated carbocycles. The van der Waals surface area contributed by atoms with Crippen LogP contribution in [0.25, 0.3) is 16.3 Å². The van der Waals surface area contributed by atoms with Gasteiger partial charge >= 0.3 is 0 Å². The number of fused-ring (bicyclic) bond motifs is 2. The number of aryl methyl sites for hydroxylation is 1. The van der Waals surface area contributed by atoms with Crippen molar-refractivity contribution in [1.82, 2.24) is 9.88 Å². The van der Waals surface area contributed by atoms with Gasteiger partial charge in [0.1, 0.15) is 0 Å². The van der Waals surface area contributed by atoms with Gasteiger partial charge in [-0.1, -0.05) is 29.0 Å². The first-order valence-electron chi connectivity index (χ1n) is 10.0. The molecule has 0 bridgehead atoms. The normalized spacial score (nSPS) is 12.9. The van der Waals surface area contributed by atoms with E-state index in [2.05, 4.69) is 4.90 Å². The van der Waals surface area contributed by atoms with Gasteiger partial charge in [-0.15, -0.1) is 0 Å². The summed E-state index contributed by atoms with van der Waals surface area (Å²) in [7, 11) is 4.05. The smallest absolute Gasteiger partial charge is 0.252 e. The fourth-order valence-electron chi connectivity index (χ4n) is 3.32. The minimum atomic E-state index is -0.112. The largest absolute Gasteiger partial charge is 0.454 e. The highest BCUT2D eigenvalue weighted by atomic mass is 35.5. The summed E-state index contributed by atoms with van der Waals surface area (Å²) in [5.41, 5.74) is 2.65. The van der Waals surface area contributed by atoms with Crippen molar-refractivity contribution in [3.05, 3.63) is 52.6 Å². The van der Waals surface area contributed by atoms with Gasteiger partial charge in [0.25, 0.3) is 5.91 Å². The molecule has 4 rings (SSSR count). The van der Waals surface area contributed by atoms with Crippen molar-refractivity contribution in [2.24, 2.45) is 0 Å². The second-order valence-corrected chi connectivity index (χ2v) is 9.02. The Kier molecular flexibility index (Phi) is 6.46. The average molecular weight is 458 g/mol. The van der Waals surface area contributed by atoms with Crippen molar-refractivity contribution >= 4 is 50.3 Å². The predicted octanol–water partition coefficient (Wildman–Crippen LogP) is 4.98. The molecule has 8 heteroatoms. The SMILES string of the molecule is Cc1c(Cl)ccc2sc(N(CCCN(C)C)C(=O)/C=C/c3ccc4c(c3)OCO4)nc12. The lowest BCUT2D eigenvalue weighted by atomic mass is 10.2. The Morgan fingerprint density at radius 1 is 1.19 bits per heavy atom. The molecule has 0 unspecified atom stereocenters. The molecule has 162 valence electrons. The van der Waals surface area contributed by atoms with Crippen LogP contribution in [-0.4, -0.2) is 49.8 Å². The number of carbonyl (C=O) groups excluding carboxylic acids is 1. The maximum absolute atomic E-state index is 13.2. The molecule has 0 N–H and O–H groups in total. The highest BCUT2D eigenvalue weighted by molar-refractivity contribution is 7.22. The standard InChI is InChI=1S/C23H24ClN3O3S/c1-15-17(24)7-9-20-22(15)25-23(31-20)27(12-4-11-26(2)3)21(28)10-6-16-5-8-18-19(13-16)30-14-29-18/h5-10,13H,4,11-12,14H2,1-3H3/b10-6+. The lowest BCUT2D eigenvalue weighted by Gasteiger charge is -2.19. The molecular formula is C23H24ClN3O3S. The predicted molar refractivity (Wildman–Crippen MR) is 126 cm³/mol. The topological polar surface area (TPSA) is 54.9 Å². The van der Waals surface area contributed by atoms with E-state index in [0.29, 0.717) is 22.4 Å². The molecule has 0 saturated heterocycles. The molecule has 31 heavy (non-hydrogen) atoms. The second-order valence-electron chi connectivity index (χ2n) is 7.61. The summed E-state index contributed by atoms with van der Waals surface area (Å²) in [5, 5.41) is 1.36. The lowest BCUT2D eigenvalue weighted by Crippen LogP contribution is -2.32. The third-order valence-electron chi connectivity index (χ3n) is 5.04. The third kappa shape index (κ3) is 4.84. The molecule has 1 aromatic heterocycles. The summed E-state index contributed by atoms with van der Waals surface area (Å²) in [5.74, 6) is 1.30. The van der Waals surface area contributed by atoms with Crippen LogP contribution in [0.5, 0.6) is 11.5 Å². The van der Waals surface area contributed by atoms with E-state index in [1.165, 1.54) is 11.3 Å². The summed E-state index contributed by atoms with van der Waals surface area (Å²) >= 11 is 7.77. The van der Waals surface area contributed by atoms with Gasteiger partial charge in [0, 0.05) is 17.6 Å². The number of hydrogen-bond donors (Lipinski definition) is 0. The van der Waals surface area contributed by atoms with Crippen molar-refractivity contribution in [1.29, 1.82) is 0 Å². The van der Waals surface area contributed by atoms with E-state index in [9.17, 15) is 4.79 Å². The molecule has 0 atom stereocenters. The summed E-state index contributed by atoms with van der Waals surface area (Å²) in [6, 6.07) is 9.44. The maximum Gasteiger partial charge on any atom is 0.252 e. The van der Waals surface area contributed by atoms with Crippen LogP contribution >= 0.6 is 22.9 Å². The number of thiazole rings is 1. The Bertz CT molecular complexity index is 1140. The van der Waals surface area contributed by atoms with E-state index < -0.39 is 0 Å². The van der Waals surface area contributed by atoms with Crippen LogP contribution in [0.3, 0.4) is 0 Å². The second kappa shape index (κ2) is 9.26. The van der Waals surface area contributed by atoms with Crippen LogP contribution in [-0.2, 0) is 4.79 Å². The van der Waals surface area contributed by atoms with E-state index in [-0.39, 0.29) is 12.7 Å². The number of nitrogens with zero attached hydrogens (tertiary/aromatic N) is 3. The van der Waals surface area contributed by atoms with E-state index in [0.717, 1.165) is 40.1 Å². The molecule has 1 amide bonds. The number of hydrogen-bond acceptors (Lipinski definition) is 6. The first-order valence-corrected chi connectivity index (χ1v) is 11.2. The van der Waals surface area contributed by atoms with Gasteiger partial charge in [-0.05, 0) is 75.5 Å². The number of ether oxygens (including phenoxy) is 2. The summed E-state index contributed by atoms with van der Waals surface area (Å²) in [6.45, 7) is 3.63. The van der Waals surface area contributed by atoms with E-state index in [1.54, 1.807) is 17.1 Å². The lowest BCUT2D eigenvalue weighted by molar-refractivity contribution is -0.114. The molecule has 1 aliphatic rings. The Hall–Kier alpha value is -2.61. The molecule has 0 aliphatic carbocycles. The van der Waals surface area contributed by atoms with E-state index in [1.807, 2.05) is 51.4 Å².